The van der Waals surface area contributed by atoms with Gasteiger partial charge in [0.2, 0.25) is 0 Å². The highest BCUT2D eigenvalue weighted by atomic mass is 19.1. The summed E-state index contributed by atoms with van der Waals surface area (Å²) in [5.41, 5.74) is 9.13. The number of nitrogens with zero attached hydrogens (tertiary/aromatic N) is 4. The van der Waals surface area contributed by atoms with Gasteiger partial charge in [0.25, 0.3) is 5.91 Å². The summed E-state index contributed by atoms with van der Waals surface area (Å²) in [5.74, 6) is -0.976. The van der Waals surface area contributed by atoms with E-state index in [-0.39, 0.29) is 24.1 Å². The summed E-state index contributed by atoms with van der Waals surface area (Å²) in [5, 5.41) is 2.93. The predicted molar refractivity (Wildman–Crippen MR) is 145 cm³/mol. The SMILES string of the molecule is NC(=Nc1ccc(C(=O)N[C@@H](Cn2ccnc2)c2ccc(-c3ccc(F)cc3)cc2F)cc1)c1ccccn1. The second kappa shape index (κ2) is 11.5. The molecule has 0 unspecified atom stereocenters. The van der Waals surface area contributed by atoms with Gasteiger partial charge in [0.15, 0.2) is 0 Å². The second-order valence-corrected chi connectivity index (χ2v) is 8.79. The lowest BCUT2D eigenvalue weighted by molar-refractivity contribution is 0.0932. The summed E-state index contributed by atoms with van der Waals surface area (Å²) in [6.07, 6.45) is 6.58. The molecule has 2 aromatic heterocycles. The highest BCUT2D eigenvalue weighted by Gasteiger charge is 2.20. The fourth-order valence-corrected chi connectivity index (χ4v) is 4.10. The third kappa shape index (κ3) is 6.22. The Bertz CT molecular complexity index is 1590. The highest BCUT2D eigenvalue weighted by molar-refractivity contribution is 5.98. The molecule has 1 amide bonds. The first kappa shape index (κ1) is 25.5. The molecule has 7 nitrogen and oxygen atoms in total. The molecule has 5 rings (SSSR count). The second-order valence-electron chi connectivity index (χ2n) is 8.79. The number of halogens is 2. The van der Waals surface area contributed by atoms with Gasteiger partial charge in [-0.2, -0.15) is 0 Å². The number of nitrogens with two attached hydrogens (primary N) is 1. The van der Waals surface area contributed by atoms with Crippen LogP contribution in [0.25, 0.3) is 11.1 Å². The fourth-order valence-electron chi connectivity index (χ4n) is 4.10. The number of hydrogen-bond donors (Lipinski definition) is 2. The van der Waals surface area contributed by atoms with Gasteiger partial charge in [-0.1, -0.05) is 30.3 Å². The number of carbonyl (C=O) groups excluding carboxylic acids is 1. The van der Waals surface area contributed by atoms with Gasteiger partial charge >= 0.3 is 0 Å². The maximum Gasteiger partial charge on any atom is 0.251 e. The van der Waals surface area contributed by atoms with Crippen molar-refractivity contribution in [3.63, 3.8) is 0 Å². The average Bonchev–Trinajstić information content (AvgIpc) is 3.47. The molecule has 0 bridgehead atoms. The van der Waals surface area contributed by atoms with Crippen molar-refractivity contribution in [2.75, 3.05) is 0 Å². The van der Waals surface area contributed by atoms with Crippen molar-refractivity contribution in [2.24, 2.45) is 10.7 Å². The zero-order chi connectivity index (χ0) is 27.2. The van der Waals surface area contributed by atoms with Crippen LogP contribution in [0.4, 0.5) is 14.5 Å². The third-order valence-corrected chi connectivity index (χ3v) is 6.12. The standard InChI is InChI=1S/C30H24F2N6O/c31-23-9-4-20(5-10-23)22-8-13-25(26(32)17-22)28(18-38-16-15-34-19-38)37-30(39)21-6-11-24(12-7-21)36-29(33)27-3-1-2-14-35-27/h1-17,19,28H,18H2,(H2,33,36)(H,37,39)/t28-/m0/s1. The minimum Gasteiger partial charge on any atom is -0.382 e. The highest BCUT2D eigenvalue weighted by Crippen LogP contribution is 2.27. The normalized spacial score (nSPS) is 12.2. The minimum atomic E-state index is -0.688. The van der Waals surface area contributed by atoms with Gasteiger partial charge in [-0.25, -0.2) is 18.8 Å². The van der Waals surface area contributed by atoms with Crippen LogP contribution in [0.3, 0.4) is 0 Å². The Morgan fingerprint density at radius 3 is 2.38 bits per heavy atom. The Morgan fingerprint density at radius 2 is 1.72 bits per heavy atom. The van der Waals surface area contributed by atoms with Crippen LogP contribution in [0.15, 0.2) is 115 Å². The number of imidazole rings is 1. The van der Waals surface area contributed by atoms with Crippen molar-refractivity contribution in [3.8, 4) is 11.1 Å². The van der Waals surface area contributed by atoms with E-state index in [0.29, 0.717) is 33.6 Å². The van der Waals surface area contributed by atoms with Crippen molar-refractivity contribution < 1.29 is 13.6 Å². The van der Waals surface area contributed by atoms with Gasteiger partial charge in [0.1, 0.15) is 23.2 Å². The number of carbonyl (C=O) groups is 1. The van der Waals surface area contributed by atoms with Gasteiger partial charge in [0.05, 0.1) is 18.1 Å². The molecule has 0 radical (unpaired) electrons. The molecule has 3 N–H and O–H groups in total. The summed E-state index contributed by atoms with van der Waals surface area (Å²) in [6, 6.07) is 21.9. The van der Waals surface area contributed by atoms with Crippen LogP contribution in [-0.2, 0) is 6.54 Å². The van der Waals surface area contributed by atoms with Gasteiger partial charge in [-0.05, 0) is 65.7 Å². The molecule has 0 spiro atoms. The number of amides is 1. The van der Waals surface area contributed by atoms with Gasteiger partial charge in [-0.15, -0.1) is 0 Å². The Kier molecular flexibility index (Phi) is 7.49. The molecular formula is C30H24F2N6O. The van der Waals surface area contributed by atoms with Crippen LogP contribution in [0.5, 0.6) is 0 Å². The molecule has 39 heavy (non-hydrogen) atoms. The molecule has 0 fully saturated rings. The van der Waals surface area contributed by atoms with Crippen LogP contribution in [0.2, 0.25) is 0 Å². The smallest absolute Gasteiger partial charge is 0.251 e. The van der Waals surface area contributed by atoms with E-state index in [1.807, 2.05) is 6.07 Å². The first-order valence-electron chi connectivity index (χ1n) is 12.1. The molecule has 0 aliphatic rings. The van der Waals surface area contributed by atoms with E-state index >= 15 is 4.39 Å². The summed E-state index contributed by atoms with van der Waals surface area (Å²) < 4.78 is 30.4. The number of rotatable bonds is 8. The van der Waals surface area contributed by atoms with E-state index in [9.17, 15) is 9.18 Å². The summed E-state index contributed by atoms with van der Waals surface area (Å²) in [4.78, 5) is 25.8. The lowest BCUT2D eigenvalue weighted by Gasteiger charge is -2.21. The van der Waals surface area contributed by atoms with Crippen molar-refractivity contribution in [2.45, 2.75) is 12.6 Å². The third-order valence-electron chi connectivity index (χ3n) is 6.12. The zero-order valence-electron chi connectivity index (χ0n) is 20.7. The van der Waals surface area contributed by atoms with Crippen LogP contribution >= 0.6 is 0 Å². The molecule has 3 aromatic carbocycles. The van der Waals surface area contributed by atoms with Gasteiger partial charge in [-0.3, -0.25) is 9.78 Å². The summed E-state index contributed by atoms with van der Waals surface area (Å²) >= 11 is 0. The predicted octanol–water partition coefficient (Wildman–Crippen LogP) is 5.43. The maximum atomic E-state index is 15.4. The van der Waals surface area contributed by atoms with E-state index in [1.54, 1.807) is 90.1 Å². The fraction of sp³-hybridized carbons (Fsp3) is 0.0667. The Morgan fingerprint density at radius 1 is 0.949 bits per heavy atom. The Labute approximate surface area is 223 Å². The lowest BCUT2D eigenvalue weighted by atomic mass is 9.99. The van der Waals surface area contributed by atoms with E-state index in [1.165, 1.54) is 18.2 Å². The number of benzene rings is 3. The summed E-state index contributed by atoms with van der Waals surface area (Å²) in [6.45, 7) is 0.265. The quantitative estimate of drug-likeness (QED) is 0.210. The van der Waals surface area contributed by atoms with Crippen molar-refractivity contribution in [3.05, 3.63) is 138 Å². The monoisotopic (exact) mass is 522 g/mol. The Hall–Kier alpha value is -5.18. The molecule has 194 valence electrons. The topological polar surface area (TPSA) is 98.2 Å². The number of aromatic nitrogens is 3. The van der Waals surface area contributed by atoms with Crippen LogP contribution in [-0.4, -0.2) is 26.3 Å². The summed E-state index contributed by atoms with van der Waals surface area (Å²) in [7, 11) is 0. The van der Waals surface area contributed by atoms with Crippen molar-refractivity contribution in [1.29, 1.82) is 0 Å². The number of hydrogen-bond acceptors (Lipinski definition) is 4. The van der Waals surface area contributed by atoms with Gasteiger partial charge < -0.3 is 15.6 Å². The molecule has 5 aromatic rings. The minimum absolute atomic E-state index is 0.257. The number of aliphatic imine (C=N–C) groups is 1. The van der Waals surface area contributed by atoms with E-state index < -0.39 is 11.9 Å². The number of amidine groups is 1. The van der Waals surface area contributed by atoms with Gasteiger partial charge in [0, 0.05) is 36.3 Å². The molecule has 0 saturated heterocycles. The molecule has 1 atom stereocenters. The van der Waals surface area contributed by atoms with Crippen LogP contribution in [0, 0.1) is 11.6 Å². The molecule has 0 aliphatic heterocycles. The first-order chi connectivity index (χ1) is 19.0. The van der Waals surface area contributed by atoms with Crippen LogP contribution in [0.1, 0.15) is 27.7 Å². The van der Waals surface area contributed by atoms with Crippen LogP contribution < -0.4 is 11.1 Å². The first-order valence-corrected chi connectivity index (χ1v) is 12.1. The lowest BCUT2D eigenvalue weighted by Crippen LogP contribution is -2.32. The maximum absolute atomic E-state index is 15.4. The average molecular weight is 523 g/mol. The van der Waals surface area contributed by atoms with E-state index in [4.69, 9.17) is 5.73 Å². The number of pyridine rings is 1. The molecule has 0 aliphatic carbocycles. The Balaban J connectivity index is 1.36. The van der Waals surface area contributed by atoms with Crippen molar-refractivity contribution >= 4 is 17.4 Å². The molecular weight excluding hydrogens is 498 g/mol. The van der Waals surface area contributed by atoms with E-state index in [2.05, 4.69) is 20.3 Å². The molecule has 9 heteroatoms. The van der Waals surface area contributed by atoms with E-state index in [0.717, 1.165) is 0 Å². The number of nitrogens with one attached hydrogen (secondary N) is 1. The van der Waals surface area contributed by atoms with Crippen molar-refractivity contribution in [1.82, 2.24) is 19.9 Å². The molecule has 2 heterocycles. The largest absolute Gasteiger partial charge is 0.382 e. The zero-order valence-corrected chi connectivity index (χ0v) is 20.7. The molecule has 0 saturated carbocycles.